The molecule has 0 heterocycles. The van der Waals surface area contributed by atoms with Crippen LogP contribution in [0.15, 0.2) is 18.2 Å². The van der Waals surface area contributed by atoms with Gasteiger partial charge in [0.1, 0.15) is 0 Å². The lowest BCUT2D eigenvalue weighted by molar-refractivity contribution is -0.123. The largest absolute Gasteiger partial charge is 0.493 e. The third kappa shape index (κ3) is 3.55. The van der Waals surface area contributed by atoms with Gasteiger partial charge in [0.05, 0.1) is 7.11 Å². The molecule has 18 heavy (non-hydrogen) atoms. The first-order valence-electron chi connectivity index (χ1n) is 6.02. The van der Waals surface area contributed by atoms with Gasteiger partial charge in [-0.1, -0.05) is 0 Å². The summed E-state index contributed by atoms with van der Waals surface area (Å²) in [6.07, 6.45) is 2.42. The topological polar surface area (TPSA) is 73.6 Å². The van der Waals surface area contributed by atoms with Crippen LogP contribution in [0.3, 0.4) is 0 Å². The summed E-state index contributed by atoms with van der Waals surface area (Å²) in [5.74, 6) is 1.60. The highest BCUT2D eigenvalue weighted by molar-refractivity contribution is 5.77. The molecule has 1 aliphatic carbocycles. The Morgan fingerprint density at radius 3 is 2.89 bits per heavy atom. The van der Waals surface area contributed by atoms with Crippen molar-refractivity contribution in [1.29, 1.82) is 0 Å². The first-order chi connectivity index (χ1) is 8.69. The second-order valence-electron chi connectivity index (χ2n) is 4.45. The standard InChI is InChI=1S/C13H18N2O3/c1-17-11-5-4-10(14)6-12(11)18-8-13(16)15-7-9-2-3-9/h4-6,9H,2-3,7-8,14H2,1H3,(H,15,16). The van der Waals surface area contributed by atoms with Crippen LogP contribution in [-0.4, -0.2) is 26.2 Å². The molecule has 0 aromatic heterocycles. The van der Waals surface area contributed by atoms with Gasteiger partial charge >= 0.3 is 0 Å². The van der Waals surface area contributed by atoms with Crippen molar-refractivity contribution in [1.82, 2.24) is 5.32 Å². The highest BCUT2D eigenvalue weighted by Gasteiger charge is 2.21. The monoisotopic (exact) mass is 250 g/mol. The zero-order chi connectivity index (χ0) is 13.0. The van der Waals surface area contributed by atoms with Crippen LogP contribution in [0.2, 0.25) is 0 Å². The van der Waals surface area contributed by atoms with E-state index in [1.54, 1.807) is 25.3 Å². The Bertz CT molecular complexity index is 430. The van der Waals surface area contributed by atoms with E-state index >= 15 is 0 Å². The van der Waals surface area contributed by atoms with Crippen LogP contribution in [0.4, 0.5) is 5.69 Å². The summed E-state index contributed by atoms with van der Waals surface area (Å²) in [4.78, 5) is 11.5. The number of benzene rings is 1. The second-order valence-corrected chi connectivity index (χ2v) is 4.45. The van der Waals surface area contributed by atoms with Crippen molar-refractivity contribution in [3.8, 4) is 11.5 Å². The van der Waals surface area contributed by atoms with E-state index in [0.29, 0.717) is 23.1 Å². The summed E-state index contributed by atoms with van der Waals surface area (Å²) < 4.78 is 10.5. The number of anilines is 1. The fraction of sp³-hybridized carbons (Fsp3) is 0.462. The van der Waals surface area contributed by atoms with Gasteiger partial charge in [0.25, 0.3) is 5.91 Å². The Labute approximate surface area is 106 Å². The van der Waals surface area contributed by atoms with Crippen LogP contribution in [0.5, 0.6) is 11.5 Å². The average molecular weight is 250 g/mol. The van der Waals surface area contributed by atoms with Crippen molar-refractivity contribution < 1.29 is 14.3 Å². The first-order valence-corrected chi connectivity index (χ1v) is 6.02. The van der Waals surface area contributed by atoms with E-state index < -0.39 is 0 Å². The lowest BCUT2D eigenvalue weighted by Crippen LogP contribution is -2.30. The zero-order valence-electron chi connectivity index (χ0n) is 10.4. The molecule has 0 unspecified atom stereocenters. The van der Waals surface area contributed by atoms with Gasteiger partial charge in [0.15, 0.2) is 18.1 Å². The minimum atomic E-state index is -0.119. The zero-order valence-corrected chi connectivity index (χ0v) is 10.4. The predicted molar refractivity (Wildman–Crippen MR) is 68.6 cm³/mol. The Morgan fingerprint density at radius 2 is 2.22 bits per heavy atom. The number of nitrogens with one attached hydrogen (secondary N) is 1. The molecule has 0 atom stereocenters. The summed E-state index contributed by atoms with van der Waals surface area (Å²) >= 11 is 0. The number of hydrogen-bond acceptors (Lipinski definition) is 4. The van der Waals surface area contributed by atoms with E-state index in [4.69, 9.17) is 15.2 Å². The third-order valence-electron chi connectivity index (χ3n) is 2.83. The highest BCUT2D eigenvalue weighted by Crippen LogP contribution is 2.29. The molecular formula is C13H18N2O3. The van der Waals surface area contributed by atoms with E-state index in [9.17, 15) is 4.79 Å². The summed E-state index contributed by atoms with van der Waals surface area (Å²) in [6, 6.07) is 5.08. The Hall–Kier alpha value is -1.91. The van der Waals surface area contributed by atoms with Gasteiger partial charge in [-0.25, -0.2) is 0 Å². The van der Waals surface area contributed by atoms with E-state index in [1.807, 2.05) is 0 Å². The molecule has 98 valence electrons. The number of rotatable bonds is 6. The number of amides is 1. The number of ether oxygens (including phenoxy) is 2. The van der Waals surface area contributed by atoms with Gasteiger partial charge in [-0.15, -0.1) is 0 Å². The Balaban J connectivity index is 1.84. The van der Waals surface area contributed by atoms with Crippen LogP contribution >= 0.6 is 0 Å². The molecule has 0 bridgehead atoms. The predicted octanol–water partition coefficient (Wildman–Crippen LogP) is 1.18. The fourth-order valence-corrected chi connectivity index (χ4v) is 1.58. The van der Waals surface area contributed by atoms with Crippen molar-refractivity contribution in [2.45, 2.75) is 12.8 Å². The van der Waals surface area contributed by atoms with E-state index in [-0.39, 0.29) is 12.5 Å². The molecule has 1 aromatic rings. The molecule has 0 spiro atoms. The molecule has 1 aliphatic rings. The van der Waals surface area contributed by atoms with Crippen molar-refractivity contribution in [2.75, 3.05) is 26.0 Å². The van der Waals surface area contributed by atoms with Crippen LogP contribution in [0.25, 0.3) is 0 Å². The van der Waals surface area contributed by atoms with E-state index in [1.165, 1.54) is 12.8 Å². The quantitative estimate of drug-likeness (QED) is 0.744. The second kappa shape index (κ2) is 5.62. The van der Waals surface area contributed by atoms with Crippen LogP contribution < -0.4 is 20.5 Å². The summed E-state index contributed by atoms with van der Waals surface area (Å²) in [5, 5.41) is 2.83. The van der Waals surface area contributed by atoms with Gasteiger partial charge in [0, 0.05) is 18.3 Å². The number of carbonyl (C=O) groups excluding carboxylic acids is 1. The van der Waals surface area contributed by atoms with Crippen LogP contribution in [-0.2, 0) is 4.79 Å². The van der Waals surface area contributed by atoms with Crippen molar-refractivity contribution in [2.24, 2.45) is 5.92 Å². The maximum Gasteiger partial charge on any atom is 0.257 e. The minimum absolute atomic E-state index is 0.0213. The smallest absolute Gasteiger partial charge is 0.257 e. The molecule has 5 nitrogen and oxygen atoms in total. The third-order valence-corrected chi connectivity index (χ3v) is 2.83. The Kier molecular flexibility index (Phi) is 3.92. The van der Waals surface area contributed by atoms with E-state index in [0.717, 1.165) is 6.54 Å². The molecule has 0 saturated heterocycles. The van der Waals surface area contributed by atoms with Gasteiger partial charge in [-0.2, -0.15) is 0 Å². The Morgan fingerprint density at radius 1 is 1.44 bits per heavy atom. The minimum Gasteiger partial charge on any atom is -0.493 e. The van der Waals surface area contributed by atoms with E-state index in [2.05, 4.69) is 5.32 Å². The molecule has 0 aliphatic heterocycles. The first kappa shape index (κ1) is 12.5. The molecule has 1 aromatic carbocycles. The van der Waals surface area contributed by atoms with Crippen LogP contribution in [0.1, 0.15) is 12.8 Å². The SMILES string of the molecule is COc1ccc(N)cc1OCC(=O)NCC1CC1. The van der Waals surface area contributed by atoms with Gasteiger partial charge < -0.3 is 20.5 Å². The average Bonchev–Trinajstić information content (AvgIpc) is 3.18. The molecule has 3 N–H and O–H groups in total. The van der Waals surface area contributed by atoms with Gasteiger partial charge in [-0.05, 0) is 30.9 Å². The number of nitrogens with two attached hydrogens (primary N) is 1. The molecule has 1 fully saturated rings. The number of nitrogen functional groups attached to an aromatic ring is 1. The molecule has 0 radical (unpaired) electrons. The summed E-state index contributed by atoms with van der Waals surface area (Å²) in [6.45, 7) is 0.725. The number of carbonyl (C=O) groups is 1. The normalized spacial score (nSPS) is 14.1. The number of hydrogen-bond donors (Lipinski definition) is 2. The molecule has 1 amide bonds. The lowest BCUT2D eigenvalue weighted by Gasteiger charge is -2.11. The van der Waals surface area contributed by atoms with Crippen LogP contribution in [0, 0.1) is 5.92 Å². The van der Waals surface area contributed by atoms with Crippen molar-refractivity contribution >= 4 is 11.6 Å². The number of methoxy groups -OCH3 is 1. The summed E-state index contributed by atoms with van der Waals surface area (Å²) in [7, 11) is 1.55. The van der Waals surface area contributed by atoms with Crippen molar-refractivity contribution in [3.05, 3.63) is 18.2 Å². The maximum absolute atomic E-state index is 11.5. The molecule has 2 rings (SSSR count). The molecule has 1 saturated carbocycles. The molecule has 5 heteroatoms. The van der Waals surface area contributed by atoms with Crippen molar-refractivity contribution in [3.63, 3.8) is 0 Å². The lowest BCUT2D eigenvalue weighted by atomic mass is 10.3. The summed E-state index contributed by atoms with van der Waals surface area (Å²) in [5.41, 5.74) is 6.23. The van der Waals surface area contributed by atoms with Gasteiger partial charge in [-0.3, -0.25) is 4.79 Å². The van der Waals surface area contributed by atoms with Gasteiger partial charge in [0.2, 0.25) is 0 Å². The molecular weight excluding hydrogens is 232 g/mol. The maximum atomic E-state index is 11.5. The highest BCUT2D eigenvalue weighted by atomic mass is 16.5. The fourth-order valence-electron chi connectivity index (χ4n) is 1.58.